The van der Waals surface area contributed by atoms with E-state index >= 15 is 0 Å². The van der Waals surface area contributed by atoms with Crippen molar-refractivity contribution in [1.29, 1.82) is 0 Å². The third-order valence-electron chi connectivity index (χ3n) is 3.12. The van der Waals surface area contributed by atoms with Crippen molar-refractivity contribution in [2.24, 2.45) is 5.92 Å². The maximum absolute atomic E-state index is 12.9. The quantitative estimate of drug-likeness (QED) is 0.837. The van der Waals surface area contributed by atoms with E-state index in [1.807, 2.05) is 0 Å². The second kappa shape index (κ2) is 5.15. The molecule has 1 aliphatic rings. The van der Waals surface area contributed by atoms with Gasteiger partial charge < -0.3 is 5.11 Å². The van der Waals surface area contributed by atoms with Gasteiger partial charge in [0.2, 0.25) is 0 Å². The fourth-order valence-corrected chi connectivity index (χ4v) is 2.13. The van der Waals surface area contributed by atoms with Gasteiger partial charge in [0.05, 0.1) is 11.1 Å². The first-order chi connectivity index (χ1) is 7.66. The summed E-state index contributed by atoms with van der Waals surface area (Å²) < 4.78 is 12.9. The Balaban J connectivity index is 1.78. The summed E-state index contributed by atoms with van der Waals surface area (Å²) in [7, 11) is 0. The van der Waals surface area contributed by atoms with Crippen LogP contribution in [0.25, 0.3) is 0 Å². The van der Waals surface area contributed by atoms with Gasteiger partial charge in [-0.05, 0) is 55.7 Å². The molecule has 0 aromatic heterocycles. The Morgan fingerprint density at radius 3 is 2.81 bits per heavy atom. The normalized spacial score (nSPS) is 17.4. The van der Waals surface area contributed by atoms with Crippen LogP contribution in [-0.4, -0.2) is 11.2 Å². The number of hydrogen-bond acceptors (Lipinski definition) is 1. The molecule has 1 unspecified atom stereocenters. The smallest absolute Gasteiger partial charge is 0.141 e. The molecule has 0 heterocycles. The molecule has 1 aromatic rings. The summed E-state index contributed by atoms with van der Waals surface area (Å²) in [6.45, 7) is 0. The summed E-state index contributed by atoms with van der Waals surface area (Å²) in [6, 6.07) is 4.82. The molecule has 0 spiro atoms. The first-order valence-electron chi connectivity index (χ1n) is 5.79. The minimum Gasteiger partial charge on any atom is -0.393 e. The zero-order chi connectivity index (χ0) is 11.5. The van der Waals surface area contributed by atoms with Gasteiger partial charge in [-0.3, -0.25) is 0 Å². The molecular weight excluding hydrogens is 227 g/mol. The van der Waals surface area contributed by atoms with E-state index < -0.39 is 0 Å². The summed E-state index contributed by atoms with van der Waals surface area (Å²) in [5.41, 5.74) is 1.04. The van der Waals surface area contributed by atoms with Gasteiger partial charge in [0, 0.05) is 0 Å². The van der Waals surface area contributed by atoms with Crippen LogP contribution in [-0.2, 0) is 6.42 Å². The molecule has 1 nitrogen and oxygen atoms in total. The predicted molar refractivity (Wildman–Crippen MR) is 63.1 cm³/mol. The maximum Gasteiger partial charge on any atom is 0.141 e. The highest BCUT2D eigenvalue weighted by Crippen LogP contribution is 2.34. The van der Waals surface area contributed by atoms with Crippen molar-refractivity contribution in [3.8, 4) is 0 Å². The maximum atomic E-state index is 12.9. The number of aryl methyl sites for hydroxylation is 1. The van der Waals surface area contributed by atoms with E-state index in [9.17, 15) is 9.50 Å². The van der Waals surface area contributed by atoms with Crippen molar-refractivity contribution >= 4 is 11.6 Å². The van der Waals surface area contributed by atoms with Crippen LogP contribution in [0.5, 0.6) is 0 Å². The minimum atomic E-state index is -0.372. The molecule has 2 rings (SSSR count). The molecule has 1 aromatic carbocycles. The van der Waals surface area contributed by atoms with Crippen molar-refractivity contribution in [1.82, 2.24) is 0 Å². The van der Waals surface area contributed by atoms with Gasteiger partial charge in [0.1, 0.15) is 5.82 Å². The van der Waals surface area contributed by atoms with Crippen LogP contribution in [0.4, 0.5) is 4.39 Å². The lowest BCUT2D eigenvalue weighted by Crippen LogP contribution is -2.08. The van der Waals surface area contributed by atoms with Crippen LogP contribution in [0, 0.1) is 11.7 Å². The molecule has 16 heavy (non-hydrogen) atoms. The van der Waals surface area contributed by atoms with Gasteiger partial charge in [-0.15, -0.1) is 0 Å². The molecule has 0 aliphatic heterocycles. The Morgan fingerprint density at radius 1 is 1.44 bits per heavy atom. The fraction of sp³-hybridized carbons (Fsp3) is 0.538. The van der Waals surface area contributed by atoms with E-state index in [0.717, 1.165) is 24.8 Å². The van der Waals surface area contributed by atoms with Crippen LogP contribution >= 0.6 is 11.6 Å². The van der Waals surface area contributed by atoms with Gasteiger partial charge in [-0.25, -0.2) is 4.39 Å². The first kappa shape index (κ1) is 11.9. The average molecular weight is 243 g/mol. The first-order valence-corrected chi connectivity index (χ1v) is 6.16. The molecule has 88 valence electrons. The third-order valence-corrected chi connectivity index (χ3v) is 3.41. The largest absolute Gasteiger partial charge is 0.393 e. The molecule has 3 heteroatoms. The number of hydrogen-bond donors (Lipinski definition) is 1. The fourth-order valence-electron chi connectivity index (χ4n) is 1.93. The Labute approximate surface area is 100 Å². The van der Waals surface area contributed by atoms with E-state index in [0.29, 0.717) is 5.92 Å². The van der Waals surface area contributed by atoms with Gasteiger partial charge in [0.25, 0.3) is 0 Å². The lowest BCUT2D eigenvalue weighted by atomic mass is 10.0. The van der Waals surface area contributed by atoms with E-state index in [-0.39, 0.29) is 16.9 Å². The highest BCUT2D eigenvalue weighted by molar-refractivity contribution is 6.30. The molecule has 1 N–H and O–H groups in total. The van der Waals surface area contributed by atoms with Gasteiger partial charge >= 0.3 is 0 Å². The lowest BCUT2D eigenvalue weighted by Gasteiger charge is -2.08. The van der Waals surface area contributed by atoms with Crippen LogP contribution in [0.15, 0.2) is 18.2 Å². The van der Waals surface area contributed by atoms with E-state index in [1.165, 1.54) is 18.9 Å². The molecule has 1 fully saturated rings. The van der Waals surface area contributed by atoms with Crippen LogP contribution < -0.4 is 0 Å². The average Bonchev–Trinajstić information content (AvgIpc) is 3.07. The number of halogens is 2. The Morgan fingerprint density at radius 2 is 2.19 bits per heavy atom. The van der Waals surface area contributed by atoms with Crippen LogP contribution in [0.3, 0.4) is 0 Å². The topological polar surface area (TPSA) is 20.2 Å². The van der Waals surface area contributed by atoms with Crippen LogP contribution in [0.1, 0.15) is 31.2 Å². The van der Waals surface area contributed by atoms with Gasteiger partial charge in [-0.2, -0.15) is 0 Å². The molecule has 0 radical (unpaired) electrons. The number of benzene rings is 1. The van der Waals surface area contributed by atoms with E-state index in [2.05, 4.69) is 0 Å². The van der Waals surface area contributed by atoms with Crippen molar-refractivity contribution in [2.75, 3.05) is 0 Å². The van der Waals surface area contributed by atoms with Crippen molar-refractivity contribution in [3.63, 3.8) is 0 Å². The predicted octanol–water partition coefficient (Wildman–Crippen LogP) is 3.57. The molecule has 0 amide bonds. The second-order valence-corrected chi connectivity index (χ2v) is 4.95. The van der Waals surface area contributed by atoms with Gasteiger partial charge in [0.15, 0.2) is 0 Å². The Kier molecular flexibility index (Phi) is 3.82. The zero-order valence-corrected chi connectivity index (χ0v) is 9.88. The minimum absolute atomic E-state index is 0.143. The highest BCUT2D eigenvalue weighted by Gasteiger charge is 2.28. The van der Waals surface area contributed by atoms with Crippen LogP contribution in [0.2, 0.25) is 5.02 Å². The summed E-state index contributed by atoms with van der Waals surface area (Å²) in [5.74, 6) is 0.167. The highest BCUT2D eigenvalue weighted by atomic mass is 35.5. The van der Waals surface area contributed by atoms with Crippen molar-refractivity contribution < 1.29 is 9.50 Å². The third kappa shape index (κ3) is 3.19. The van der Waals surface area contributed by atoms with E-state index in [4.69, 9.17) is 11.6 Å². The monoisotopic (exact) mass is 242 g/mol. The summed E-state index contributed by atoms with van der Waals surface area (Å²) in [5, 5.41) is 9.86. The molecule has 1 aliphatic carbocycles. The lowest BCUT2D eigenvalue weighted by molar-refractivity contribution is 0.139. The Hall–Kier alpha value is -0.600. The zero-order valence-electron chi connectivity index (χ0n) is 9.13. The van der Waals surface area contributed by atoms with Crippen molar-refractivity contribution in [2.45, 2.75) is 38.2 Å². The standard InChI is InChI=1S/C13H16ClFO/c14-11-8-9(4-7-12(11)15)2-1-3-13(16)10-5-6-10/h4,7-8,10,13,16H,1-3,5-6H2. The SMILES string of the molecule is OC(CCCc1ccc(F)c(Cl)c1)C1CC1. The molecular formula is C13H16ClFO. The summed E-state index contributed by atoms with van der Waals surface area (Å²) in [6.07, 6.45) is 4.81. The van der Waals surface area contributed by atoms with Gasteiger partial charge in [-0.1, -0.05) is 17.7 Å². The number of rotatable bonds is 5. The second-order valence-electron chi connectivity index (χ2n) is 4.55. The number of aliphatic hydroxyl groups excluding tert-OH is 1. The molecule has 0 saturated heterocycles. The molecule has 0 bridgehead atoms. The summed E-state index contributed by atoms with van der Waals surface area (Å²) >= 11 is 5.69. The Bertz CT molecular complexity index is 363. The van der Waals surface area contributed by atoms with E-state index in [1.54, 1.807) is 12.1 Å². The number of aliphatic hydroxyl groups is 1. The van der Waals surface area contributed by atoms with Crippen molar-refractivity contribution in [3.05, 3.63) is 34.6 Å². The summed E-state index contributed by atoms with van der Waals surface area (Å²) in [4.78, 5) is 0. The molecule has 1 atom stereocenters. The molecule has 1 saturated carbocycles.